The summed E-state index contributed by atoms with van der Waals surface area (Å²) in [6.45, 7) is 2.21. The summed E-state index contributed by atoms with van der Waals surface area (Å²) in [6, 6.07) is 7.64. The van der Waals surface area contributed by atoms with Crippen LogP contribution >= 0.6 is 0 Å². The lowest BCUT2D eigenvalue weighted by Gasteiger charge is -2.04. The van der Waals surface area contributed by atoms with Gasteiger partial charge in [0.05, 0.1) is 5.52 Å². The molecule has 4 heteroatoms. The van der Waals surface area contributed by atoms with Crippen LogP contribution in [0.4, 0.5) is 0 Å². The maximum atomic E-state index is 12.4. The minimum Gasteiger partial charge on any atom is -0.273 e. The molecule has 0 radical (unpaired) electrons. The molecule has 1 aromatic heterocycles. The van der Waals surface area contributed by atoms with Crippen LogP contribution in [0.15, 0.2) is 36.4 Å². The van der Waals surface area contributed by atoms with Crippen LogP contribution in [0.3, 0.4) is 0 Å². The fourth-order valence-corrected chi connectivity index (χ4v) is 4.63. The second-order valence-electron chi connectivity index (χ2n) is 9.81. The van der Waals surface area contributed by atoms with E-state index in [1.165, 1.54) is 114 Å². The third-order valence-corrected chi connectivity index (χ3v) is 6.75. The molecule has 0 spiro atoms. The first-order chi connectivity index (χ1) is 16.8. The van der Waals surface area contributed by atoms with Crippen molar-refractivity contribution in [2.24, 2.45) is 0 Å². The number of carbonyl (C=O) groups is 1. The molecule has 0 aliphatic heterocycles. The number of fused-ring (bicyclic) bond motifs is 1. The Morgan fingerprint density at radius 3 is 1.76 bits per heavy atom. The predicted octanol–water partition coefficient (Wildman–Crippen LogP) is 9.45. The van der Waals surface area contributed by atoms with E-state index in [4.69, 9.17) is 0 Å². The molecule has 0 bridgehead atoms. The molecule has 0 atom stereocenters. The van der Waals surface area contributed by atoms with Crippen molar-refractivity contribution in [3.63, 3.8) is 0 Å². The Bertz CT molecular complexity index is 795. The van der Waals surface area contributed by atoms with Gasteiger partial charge in [-0.2, -0.15) is 4.68 Å². The summed E-state index contributed by atoms with van der Waals surface area (Å²) in [5.41, 5.74) is 1.60. The number of allylic oxidation sites excluding steroid dienone is 2. The Balaban J connectivity index is 1.29. The van der Waals surface area contributed by atoms with E-state index >= 15 is 0 Å². The van der Waals surface area contributed by atoms with Gasteiger partial charge in [0.1, 0.15) is 5.52 Å². The zero-order valence-electron chi connectivity index (χ0n) is 21.9. The minimum atomic E-state index is 0.0594. The summed E-state index contributed by atoms with van der Waals surface area (Å²) in [4.78, 5) is 12.4. The number of rotatable bonds is 21. The molecule has 0 unspecified atom stereocenters. The second kappa shape index (κ2) is 19.3. The molecule has 0 fully saturated rings. The number of carbonyl (C=O) groups excluding carboxylic acids is 1. The molecular formula is C30H49N3O. The lowest BCUT2D eigenvalue weighted by Crippen LogP contribution is -2.12. The van der Waals surface area contributed by atoms with Gasteiger partial charge in [-0.3, -0.25) is 4.79 Å². The van der Waals surface area contributed by atoms with E-state index in [0.29, 0.717) is 6.42 Å². The molecule has 2 aromatic rings. The van der Waals surface area contributed by atoms with Gasteiger partial charge in [0.2, 0.25) is 5.91 Å². The summed E-state index contributed by atoms with van der Waals surface area (Å²) in [7, 11) is 0. The van der Waals surface area contributed by atoms with Crippen LogP contribution in [-0.4, -0.2) is 20.9 Å². The molecule has 190 valence electrons. The van der Waals surface area contributed by atoms with Gasteiger partial charge in [0, 0.05) is 6.42 Å². The standard InChI is InChI=1S/C30H49N3O/c1-2-3-4-5-6-7-8-9-10-11-12-13-14-15-16-17-18-19-20-21-22-27-30(34)33-29-26-24-23-25-28(29)31-32-33/h3-4,23-26H,2,5-22,27H2,1H3/b4-3+. The topological polar surface area (TPSA) is 47.8 Å². The van der Waals surface area contributed by atoms with E-state index in [2.05, 4.69) is 29.4 Å². The van der Waals surface area contributed by atoms with Crippen LogP contribution < -0.4 is 0 Å². The van der Waals surface area contributed by atoms with Gasteiger partial charge < -0.3 is 0 Å². The first-order valence-electron chi connectivity index (χ1n) is 14.3. The molecule has 0 amide bonds. The summed E-state index contributed by atoms with van der Waals surface area (Å²) >= 11 is 0. The third kappa shape index (κ3) is 12.5. The second-order valence-corrected chi connectivity index (χ2v) is 9.81. The summed E-state index contributed by atoms with van der Waals surface area (Å²) in [5, 5.41) is 8.08. The molecule has 2 rings (SSSR count). The number of benzene rings is 1. The van der Waals surface area contributed by atoms with E-state index < -0.39 is 0 Å². The van der Waals surface area contributed by atoms with Gasteiger partial charge in [0.15, 0.2) is 0 Å². The Morgan fingerprint density at radius 1 is 0.706 bits per heavy atom. The van der Waals surface area contributed by atoms with E-state index in [1.54, 1.807) is 0 Å². The van der Waals surface area contributed by atoms with Gasteiger partial charge in [-0.1, -0.05) is 133 Å². The number of unbranched alkanes of at least 4 members (excludes halogenated alkanes) is 17. The van der Waals surface area contributed by atoms with Crippen molar-refractivity contribution < 1.29 is 4.79 Å². The minimum absolute atomic E-state index is 0.0594. The summed E-state index contributed by atoms with van der Waals surface area (Å²) < 4.78 is 1.46. The zero-order valence-corrected chi connectivity index (χ0v) is 21.9. The number of hydrogen-bond donors (Lipinski definition) is 0. The van der Waals surface area contributed by atoms with Gasteiger partial charge in [-0.15, -0.1) is 5.10 Å². The number of hydrogen-bond acceptors (Lipinski definition) is 3. The van der Waals surface area contributed by atoms with Crippen LogP contribution in [0.25, 0.3) is 11.0 Å². The number of para-hydroxylation sites is 1. The normalized spacial score (nSPS) is 11.7. The Kier molecular flexibility index (Phi) is 16.1. The lowest BCUT2D eigenvalue weighted by molar-refractivity contribution is 0.0886. The molecule has 4 nitrogen and oxygen atoms in total. The van der Waals surface area contributed by atoms with Crippen LogP contribution in [0.5, 0.6) is 0 Å². The highest BCUT2D eigenvalue weighted by atomic mass is 16.2. The van der Waals surface area contributed by atoms with Crippen molar-refractivity contribution in [1.82, 2.24) is 15.0 Å². The number of aromatic nitrogens is 3. The zero-order chi connectivity index (χ0) is 24.1. The van der Waals surface area contributed by atoms with Crippen molar-refractivity contribution in [3.05, 3.63) is 36.4 Å². The van der Waals surface area contributed by atoms with E-state index in [0.717, 1.165) is 23.9 Å². The quantitative estimate of drug-likeness (QED) is 0.136. The smallest absolute Gasteiger partial charge is 0.248 e. The Labute approximate surface area is 208 Å². The van der Waals surface area contributed by atoms with Crippen LogP contribution in [0.1, 0.15) is 140 Å². The van der Waals surface area contributed by atoms with Crippen LogP contribution in [0.2, 0.25) is 0 Å². The van der Waals surface area contributed by atoms with E-state index in [1.807, 2.05) is 24.3 Å². The van der Waals surface area contributed by atoms with E-state index in [9.17, 15) is 4.79 Å². The fraction of sp³-hybridized carbons (Fsp3) is 0.700. The van der Waals surface area contributed by atoms with Crippen molar-refractivity contribution in [1.29, 1.82) is 0 Å². The molecule has 0 saturated carbocycles. The Hall–Kier alpha value is -1.97. The molecule has 0 N–H and O–H groups in total. The van der Waals surface area contributed by atoms with Gasteiger partial charge in [-0.05, 0) is 37.8 Å². The molecule has 1 heterocycles. The molecule has 0 aliphatic rings. The molecule has 0 saturated heterocycles. The molecule has 0 aliphatic carbocycles. The van der Waals surface area contributed by atoms with Crippen molar-refractivity contribution in [2.75, 3.05) is 0 Å². The Morgan fingerprint density at radius 2 is 1.21 bits per heavy atom. The van der Waals surface area contributed by atoms with Crippen molar-refractivity contribution >= 4 is 16.9 Å². The van der Waals surface area contributed by atoms with Gasteiger partial charge in [0.25, 0.3) is 0 Å². The highest BCUT2D eigenvalue weighted by Gasteiger charge is 2.10. The van der Waals surface area contributed by atoms with E-state index in [-0.39, 0.29) is 5.91 Å². The predicted molar refractivity (Wildman–Crippen MR) is 145 cm³/mol. The SMILES string of the molecule is CC/C=C/CCCCCCCCCCCCCCCCCCCC(=O)n1nnc2ccccc21. The average Bonchev–Trinajstić information content (AvgIpc) is 3.29. The first-order valence-corrected chi connectivity index (χ1v) is 14.3. The summed E-state index contributed by atoms with van der Waals surface area (Å²) in [5.74, 6) is 0.0594. The third-order valence-electron chi connectivity index (χ3n) is 6.75. The fourth-order valence-electron chi connectivity index (χ4n) is 4.63. The van der Waals surface area contributed by atoms with Crippen LogP contribution in [0, 0.1) is 0 Å². The molecular weight excluding hydrogens is 418 g/mol. The molecule has 1 aromatic carbocycles. The highest BCUT2D eigenvalue weighted by molar-refractivity contribution is 5.88. The monoisotopic (exact) mass is 467 g/mol. The lowest BCUT2D eigenvalue weighted by atomic mass is 10.0. The summed E-state index contributed by atoms with van der Waals surface area (Å²) in [6.07, 6.45) is 30.6. The van der Waals surface area contributed by atoms with Crippen molar-refractivity contribution in [3.8, 4) is 0 Å². The van der Waals surface area contributed by atoms with Gasteiger partial charge >= 0.3 is 0 Å². The number of nitrogens with zero attached hydrogens (tertiary/aromatic N) is 3. The maximum Gasteiger partial charge on any atom is 0.248 e. The average molecular weight is 468 g/mol. The highest BCUT2D eigenvalue weighted by Crippen LogP contribution is 2.15. The maximum absolute atomic E-state index is 12.4. The first kappa shape index (κ1) is 28.3. The van der Waals surface area contributed by atoms with Crippen LogP contribution in [-0.2, 0) is 0 Å². The van der Waals surface area contributed by atoms with Gasteiger partial charge in [-0.25, -0.2) is 0 Å². The molecule has 34 heavy (non-hydrogen) atoms. The van der Waals surface area contributed by atoms with Crippen molar-refractivity contribution in [2.45, 2.75) is 135 Å². The largest absolute Gasteiger partial charge is 0.273 e.